The largest absolute Gasteiger partial charge is 0.462 e. The highest BCUT2D eigenvalue weighted by molar-refractivity contribution is 6.27. The average Bonchev–Trinajstić information content (AvgIpc) is 2.56. The zero-order valence-electron chi connectivity index (χ0n) is 15.0. The maximum absolute atomic E-state index is 13.0. The Balaban J connectivity index is 2.02. The molecular formula is C19H36O2Si. The Bertz CT molecular complexity index is 345. The van der Waals surface area contributed by atoms with Gasteiger partial charge in [-0.25, -0.2) is 0 Å². The second-order valence-electron chi connectivity index (χ2n) is 8.02. The van der Waals surface area contributed by atoms with Crippen molar-refractivity contribution in [3.63, 3.8) is 0 Å². The minimum atomic E-state index is -0.145. The minimum absolute atomic E-state index is 0.145. The van der Waals surface area contributed by atoms with Crippen molar-refractivity contribution in [2.75, 3.05) is 0 Å². The third kappa shape index (κ3) is 4.36. The van der Waals surface area contributed by atoms with Gasteiger partial charge in [0.05, 0.1) is 5.04 Å². The number of carbonyl (C=O) groups excluding carboxylic acids is 1. The van der Waals surface area contributed by atoms with E-state index in [1.807, 2.05) is 0 Å². The molecule has 0 aromatic heterocycles. The topological polar surface area (TPSA) is 26.3 Å². The van der Waals surface area contributed by atoms with Crippen LogP contribution in [0.3, 0.4) is 0 Å². The van der Waals surface area contributed by atoms with Crippen LogP contribution in [0.4, 0.5) is 0 Å². The Hall–Kier alpha value is -0.313. The number of hydrogen-bond donors (Lipinski definition) is 0. The minimum Gasteiger partial charge on any atom is -0.462 e. The SMILES string of the molecule is CCCC([SiH3])(C(=O)OC1CCCCC1)C(C)C1CCCCC1. The van der Waals surface area contributed by atoms with Gasteiger partial charge < -0.3 is 4.74 Å². The molecule has 3 heteroatoms. The van der Waals surface area contributed by atoms with Crippen molar-refractivity contribution < 1.29 is 9.53 Å². The van der Waals surface area contributed by atoms with Gasteiger partial charge in [-0.2, -0.15) is 0 Å². The molecule has 128 valence electrons. The Morgan fingerprint density at radius 1 is 1.09 bits per heavy atom. The molecule has 0 amide bonds. The summed E-state index contributed by atoms with van der Waals surface area (Å²) < 4.78 is 6.02. The molecule has 0 bridgehead atoms. The first-order valence-corrected chi connectivity index (χ1v) is 10.8. The molecule has 2 nitrogen and oxygen atoms in total. The quantitative estimate of drug-likeness (QED) is 0.534. The predicted molar refractivity (Wildman–Crippen MR) is 96.2 cm³/mol. The molecule has 0 aromatic rings. The van der Waals surface area contributed by atoms with Crippen LogP contribution in [0.5, 0.6) is 0 Å². The van der Waals surface area contributed by atoms with Gasteiger partial charge in [-0.05, 0) is 43.9 Å². The van der Waals surface area contributed by atoms with Gasteiger partial charge in [0.15, 0.2) is 0 Å². The van der Waals surface area contributed by atoms with Gasteiger partial charge in [-0.3, -0.25) is 4.79 Å². The van der Waals surface area contributed by atoms with E-state index in [9.17, 15) is 4.79 Å². The fourth-order valence-electron chi connectivity index (χ4n) is 4.66. The molecule has 0 aliphatic heterocycles. The van der Waals surface area contributed by atoms with E-state index >= 15 is 0 Å². The summed E-state index contributed by atoms with van der Waals surface area (Å²) in [6.07, 6.45) is 15.1. The van der Waals surface area contributed by atoms with Crippen LogP contribution in [0.15, 0.2) is 0 Å². The van der Waals surface area contributed by atoms with E-state index in [-0.39, 0.29) is 17.1 Å². The molecule has 2 saturated carbocycles. The number of ether oxygens (including phenoxy) is 1. The van der Waals surface area contributed by atoms with Crippen molar-refractivity contribution in [3.8, 4) is 0 Å². The molecule has 22 heavy (non-hydrogen) atoms. The fourth-order valence-corrected chi connectivity index (χ4v) is 5.75. The second kappa shape index (κ2) is 8.51. The normalized spacial score (nSPS) is 25.5. The highest BCUT2D eigenvalue weighted by Gasteiger charge is 2.43. The first-order chi connectivity index (χ1) is 10.6. The van der Waals surface area contributed by atoms with E-state index < -0.39 is 0 Å². The van der Waals surface area contributed by atoms with Crippen LogP contribution in [0, 0.1) is 11.8 Å². The van der Waals surface area contributed by atoms with Crippen molar-refractivity contribution in [1.82, 2.24) is 0 Å². The van der Waals surface area contributed by atoms with Crippen LogP contribution in [0.1, 0.15) is 90.9 Å². The van der Waals surface area contributed by atoms with Crippen molar-refractivity contribution in [1.29, 1.82) is 0 Å². The molecule has 2 aliphatic carbocycles. The van der Waals surface area contributed by atoms with E-state index in [1.54, 1.807) is 0 Å². The van der Waals surface area contributed by atoms with E-state index in [4.69, 9.17) is 4.74 Å². The fraction of sp³-hybridized carbons (Fsp3) is 0.947. The monoisotopic (exact) mass is 324 g/mol. The molecule has 0 N–H and O–H groups in total. The van der Waals surface area contributed by atoms with Crippen LogP contribution in [-0.4, -0.2) is 22.3 Å². The number of esters is 1. The summed E-state index contributed by atoms with van der Waals surface area (Å²) >= 11 is 0. The van der Waals surface area contributed by atoms with Gasteiger partial charge >= 0.3 is 5.97 Å². The maximum Gasteiger partial charge on any atom is 0.308 e. The highest BCUT2D eigenvalue weighted by Crippen LogP contribution is 2.47. The molecule has 0 saturated heterocycles. The lowest BCUT2D eigenvalue weighted by molar-refractivity contribution is -0.157. The molecule has 2 aliphatic rings. The third-order valence-corrected chi connectivity index (χ3v) is 8.24. The van der Waals surface area contributed by atoms with Gasteiger partial charge in [0.1, 0.15) is 6.10 Å². The first-order valence-electron chi connectivity index (χ1n) is 9.79. The van der Waals surface area contributed by atoms with E-state index in [2.05, 4.69) is 13.8 Å². The lowest BCUT2D eigenvalue weighted by Crippen LogP contribution is -2.39. The summed E-state index contributed by atoms with van der Waals surface area (Å²) in [5.41, 5.74) is 0. The lowest BCUT2D eigenvalue weighted by Gasteiger charge is -2.41. The molecular weight excluding hydrogens is 288 g/mol. The van der Waals surface area contributed by atoms with Crippen LogP contribution in [0.2, 0.25) is 5.04 Å². The summed E-state index contributed by atoms with van der Waals surface area (Å²) in [5.74, 6) is 1.42. The summed E-state index contributed by atoms with van der Waals surface area (Å²) in [4.78, 5) is 13.0. The van der Waals surface area contributed by atoms with Gasteiger partial charge in [-0.1, -0.05) is 58.8 Å². The molecule has 2 unspecified atom stereocenters. The van der Waals surface area contributed by atoms with Crippen LogP contribution >= 0.6 is 0 Å². The zero-order valence-corrected chi connectivity index (χ0v) is 17.0. The molecule has 0 aromatic carbocycles. The van der Waals surface area contributed by atoms with Crippen LogP contribution < -0.4 is 0 Å². The first kappa shape index (κ1) is 18.0. The van der Waals surface area contributed by atoms with Crippen molar-refractivity contribution >= 4 is 16.2 Å². The van der Waals surface area contributed by atoms with Gasteiger partial charge in [0, 0.05) is 10.2 Å². The van der Waals surface area contributed by atoms with Crippen LogP contribution in [0.25, 0.3) is 0 Å². The smallest absolute Gasteiger partial charge is 0.308 e. The summed E-state index contributed by atoms with van der Waals surface area (Å²) in [6.45, 7) is 4.56. The summed E-state index contributed by atoms with van der Waals surface area (Å²) in [6, 6.07) is 0. The van der Waals surface area contributed by atoms with Crippen molar-refractivity contribution in [2.45, 2.75) is 102 Å². The number of hydrogen-bond acceptors (Lipinski definition) is 2. The molecule has 2 rings (SSSR count). The van der Waals surface area contributed by atoms with Gasteiger partial charge in [0.2, 0.25) is 0 Å². The maximum atomic E-state index is 13.0. The highest BCUT2D eigenvalue weighted by atomic mass is 28.1. The molecule has 0 radical (unpaired) electrons. The lowest BCUT2D eigenvalue weighted by atomic mass is 9.73. The zero-order chi connectivity index (χ0) is 16.0. The average molecular weight is 325 g/mol. The number of rotatable bonds is 6. The van der Waals surface area contributed by atoms with Crippen molar-refractivity contribution in [3.05, 3.63) is 0 Å². The van der Waals surface area contributed by atoms with Gasteiger partial charge in [0.25, 0.3) is 0 Å². The Morgan fingerprint density at radius 2 is 1.64 bits per heavy atom. The Labute approximate surface area is 140 Å². The van der Waals surface area contributed by atoms with E-state index in [0.29, 0.717) is 5.92 Å². The molecule has 0 heterocycles. The molecule has 0 spiro atoms. The summed E-state index contributed by atoms with van der Waals surface area (Å²) in [7, 11) is 0.935. The predicted octanol–water partition coefficient (Wildman–Crippen LogP) is 4.40. The number of carbonyl (C=O) groups is 1. The van der Waals surface area contributed by atoms with E-state index in [0.717, 1.165) is 41.8 Å². The van der Waals surface area contributed by atoms with E-state index in [1.165, 1.54) is 51.4 Å². The second-order valence-corrected chi connectivity index (χ2v) is 9.80. The standard InChI is InChI=1S/C19H36O2Si/c1-3-14-19(22,15(2)16-10-6-4-7-11-16)18(20)21-17-12-8-5-9-13-17/h15-17H,3-14H2,1-2,22H3. The molecule has 2 fully saturated rings. The van der Waals surface area contributed by atoms with Crippen LogP contribution in [-0.2, 0) is 9.53 Å². The molecule has 2 atom stereocenters. The third-order valence-electron chi connectivity index (χ3n) is 6.42. The van der Waals surface area contributed by atoms with Gasteiger partial charge in [-0.15, -0.1) is 0 Å². The van der Waals surface area contributed by atoms with Crippen molar-refractivity contribution in [2.24, 2.45) is 11.8 Å². The summed E-state index contributed by atoms with van der Waals surface area (Å²) in [5, 5.41) is -0.145. The Kier molecular flexibility index (Phi) is 6.98. The Morgan fingerprint density at radius 3 is 2.18 bits per heavy atom.